The number of nitrogens with zero attached hydrogens (tertiary/aromatic N) is 2. The molecule has 6 heteroatoms. The molecule has 0 aliphatic heterocycles. The molecule has 1 amide bonds. The third-order valence-electron chi connectivity index (χ3n) is 3.64. The fourth-order valence-corrected chi connectivity index (χ4v) is 2.59. The monoisotopic (exact) mass is 321 g/mol. The summed E-state index contributed by atoms with van der Waals surface area (Å²) in [6.45, 7) is 1.77. The van der Waals surface area contributed by atoms with Crippen molar-refractivity contribution in [3.63, 3.8) is 0 Å². The van der Waals surface area contributed by atoms with Gasteiger partial charge in [0.1, 0.15) is 5.82 Å². The minimum absolute atomic E-state index is 0.214. The second-order valence-corrected chi connectivity index (χ2v) is 5.19. The lowest BCUT2D eigenvalue weighted by atomic mass is 10.1. The lowest BCUT2D eigenvalue weighted by Gasteiger charge is -2.11. The van der Waals surface area contributed by atoms with Gasteiger partial charge in [-0.2, -0.15) is 0 Å². The Morgan fingerprint density at radius 1 is 1.17 bits per heavy atom. The first kappa shape index (κ1) is 15.6. The Balaban J connectivity index is 2.29. The zero-order valence-electron chi connectivity index (χ0n) is 12.9. The molecule has 2 aromatic carbocycles. The highest BCUT2D eigenvalue weighted by Gasteiger charge is 2.12. The quantitative estimate of drug-likeness (QED) is 0.440. The van der Waals surface area contributed by atoms with Gasteiger partial charge in [0.2, 0.25) is 0 Å². The van der Waals surface area contributed by atoms with Gasteiger partial charge in [0.15, 0.2) is 0 Å². The normalized spacial score (nSPS) is 11.1. The van der Waals surface area contributed by atoms with E-state index in [-0.39, 0.29) is 5.56 Å². The molecule has 0 saturated carbocycles. The summed E-state index contributed by atoms with van der Waals surface area (Å²) in [5.74, 6) is -0.0941. The largest absolute Gasteiger partial charge is 0.288 e. The van der Waals surface area contributed by atoms with E-state index >= 15 is 0 Å². The van der Waals surface area contributed by atoms with Crippen LogP contribution in [0.1, 0.15) is 11.4 Å². The van der Waals surface area contributed by atoms with Gasteiger partial charge in [-0.25, -0.2) is 10.5 Å². The molecular weight excluding hydrogens is 306 g/mol. The third kappa shape index (κ3) is 2.82. The van der Waals surface area contributed by atoms with Gasteiger partial charge in [-0.1, -0.05) is 30.3 Å². The Morgan fingerprint density at radius 2 is 1.92 bits per heavy atom. The van der Waals surface area contributed by atoms with Crippen LogP contribution in [0.15, 0.2) is 59.4 Å². The number of para-hydroxylation sites is 1. The van der Waals surface area contributed by atoms with Gasteiger partial charge in [-0.15, -0.1) is 0 Å². The summed E-state index contributed by atoms with van der Waals surface area (Å²) < 4.78 is 1.53. The van der Waals surface area contributed by atoms with Crippen LogP contribution in [-0.2, 0) is 4.79 Å². The molecule has 0 aliphatic carbocycles. The lowest BCUT2D eigenvalue weighted by Crippen LogP contribution is -2.23. The summed E-state index contributed by atoms with van der Waals surface area (Å²) in [7, 11) is 0. The lowest BCUT2D eigenvalue weighted by molar-refractivity contribution is -0.124. The minimum atomic E-state index is -0.671. The molecule has 0 unspecified atom stereocenters. The molecule has 0 saturated heterocycles. The first-order chi connectivity index (χ1) is 11.6. The van der Waals surface area contributed by atoms with Crippen LogP contribution in [0.2, 0.25) is 0 Å². The number of nitrogens with one attached hydrogen (secondary N) is 1. The molecule has 3 aromatic rings. The average Bonchev–Trinajstić information content (AvgIpc) is 2.60. The predicted molar refractivity (Wildman–Crippen MR) is 91.0 cm³/mol. The highest BCUT2D eigenvalue weighted by atomic mass is 16.5. The zero-order valence-corrected chi connectivity index (χ0v) is 12.9. The number of aryl methyl sites for hydroxylation is 1. The SMILES string of the molecule is Cc1nc2cccc(/C=C/C(=O)NO)c2c(=O)n1-c1ccccc1. The van der Waals surface area contributed by atoms with Gasteiger partial charge < -0.3 is 0 Å². The molecule has 0 atom stereocenters. The topological polar surface area (TPSA) is 84.2 Å². The van der Waals surface area contributed by atoms with Gasteiger partial charge in [0.05, 0.1) is 16.6 Å². The van der Waals surface area contributed by atoms with E-state index in [9.17, 15) is 9.59 Å². The van der Waals surface area contributed by atoms with Crippen molar-refractivity contribution in [1.82, 2.24) is 15.0 Å². The number of aromatic nitrogens is 2. The summed E-state index contributed by atoms with van der Waals surface area (Å²) in [4.78, 5) is 28.7. The number of hydroxylamine groups is 1. The molecule has 120 valence electrons. The maximum absolute atomic E-state index is 13.0. The van der Waals surface area contributed by atoms with Crippen LogP contribution < -0.4 is 11.0 Å². The number of amides is 1. The van der Waals surface area contributed by atoms with Gasteiger partial charge in [0, 0.05) is 6.08 Å². The van der Waals surface area contributed by atoms with Crippen molar-refractivity contribution in [2.75, 3.05) is 0 Å². The van der Waals surface area contributed by atoms with E-state index in [0.717, 1.165) is 11.8 Å². The average molecular weight is 321 g/mol. The molecule has 1 heterocycles. The molecule has 0 aliphatic rings. The number of benzene rings is 2. The van der Waals surface area contributed by atoms with E-state index in [1.807, 2.05) is 30.3 Å². The Bertz CT molecular complexity index is 992. The molecular formula is C18H15N3O3. The number of carbonyl (C=O) groups is 1. The van der Waals surface area contributed by atoms with E-state index < -0.39 is 5.91 Å². The van der Waals surface area contributed by atoms with Crippen LogP contribution in [0.25, 0.3) is 22.7 Å². The number of rotatable bonds is 3. The van der Waals surface area contributed by atoms with Crippen LogP contribution in [-0.4, -0.2) is 20.7 Å². The van der Waals surface area contributed by atoms with Crippen molar-refractivity contribution in [2.45, 2.75) is 6.92 Å². The van der Waals surface area contributed by atoms with Crippen molar-refractivity contribution in [2.24, 2.45) is 0 Å². The molecule has 6 nitrogen and oxygen atoms in total. The van der Waals surface area contributed by atoms with Crippen LogP contribution in [0.5, 0.6) is 0 Å². The fourth-order valence-electron chi connectivity index (χ4n) is 2.59. The standard InChI is InChI=1S/C18H15N3O3/c1-12-19-15-9-5-6-13(10-11-16(22)20-24)17(15)18(23)21(12)14-7-3-2-4-8-14/h2-11,24H,1H3,(H,20,22)/b11-10+. The van der Waals surface area contributed by atoms with E-state index in [4.69, 9.17) is 5.21 Å². The predicted octanol–water partition coefficient (Wildman–Crippen LogP) is 2.21. The van der Waals surface area contributed by atoms with Crippen molar-refractivity contribution >= 4 is 22.9 Å². The molecule has 0 fully saturated rings. The van der Waals surface area contributed by atoms with Crippen LogP contribution in [0, 0.1) is 6.92 Å². The molecule has 24 heavy (non-hydrogen) atoms. The molecule has 0 bridgehead atoms. The van der Waals surface area contributed by atoms with Crippen LogP contribution in [0.3, 0.4) is 0 Å². The summed E-state index contributed by atoms with van der Waals surface area (Å²) in [6.07, 6.45) is 2.63. The van der Waals surface area contributed by atoms with Crippen LogP contribution >= 0.6 is 0 Å². The summed E-state index contributed by atoms with van der Waals surface area (Å²) in [5, 5.41) is 8.99. The maximum Gasteiger partial charge on any atom is 0.267 e. The first-order valence-electron chi connectivity index (χ1n) is 7.32. The fraction of sp³-hybridized carbons (Fsp3) is 0.0556. The summed E-state index contributed by atoms with van der Waals surface area (Å²) >= 11 is 0. The Hall–Kier alpha value is -3.25. The molecule has 1 aromatic heterocycles. The summed E-state index contributed by atoms with van der Waals surface area (Å²) in [6, 6.07) is 14.5. The van der Waals surface area contributed by atoms with E-state index in [2.05, 4.69) is 4.98 Å². The Kier molecular flexibility index (Phi) is 4.22. The minimum Gasteiger partial charge on any atom is -0.288 e. The van der Waals surface area contributed by atoms with E-state index in [0.29, 0.717) is 22.3 Å². The second kappa shape index (κ2) is 6.47. The first-order valence-corrected chi connectivity index (χ1v) is 7.32. The highest BCUT2D eigenvalue weighted by molar-refractivity contribution is 5.95. The third-order valence-corrected chi connectivity index (χ3v) is 3.64. The van der Waals surface area contributed by atoms with Crippen molar-refractivity contribution in [3.05, 3.63) is 76.3 Å². The smallest absolute Gasteiger partial charge is 0.267 e. The molecule has 3 rings (SSSR count). The van der Waals surface area contributed by atoms with Crippen molar-refractivity contribution in [3.8, 4) is 5.69 Å². The van der Waals surface area contributed by atoms with Gasteiger partial charge in [0.25, 0.3) is 11.5 Å². The molecule has 2 N–H and O–H groups in total. The van der Waals surface area contributed by atoms with Gasteiger partial charge in [-0.3, -0.25) is 19.4 Å². The number of carbonyl (C=O) groups excluding carboxylic acids is 1. The molecule has 0 spiro atoms. The maximum atomic E-state index is 13.0. The van der Waals surface area contributed by atoms with Crippen molar-refractivity contribution in [1.29, 1.82) is 0 Å². The van der Waals surface area contributed by atoms with E-state index in [1.165, 1.54) is 16.1 Å². The zero-order chi connectivity index (χ0) is 17.1. The van der Waals surface area contributed by atoms with Crippen molar-refractivity contribution < 1.29 is 10.0 Å². The number of fused-ring (bicyclic) bond motifs is 1. The van der Waals surface area contributed by atoms with E-state index in [1.54, 1.807) is 25.1 Å². The van der Waals surface area contributed by atoms with Crippen LogP contribution in [0.4, 0.5) is 0 Å². The molecule has 0 radical (unpaired) electrons. The van der Waals surface area contributed by atoms with Gasteiger partial charge in [-0.05, 0) is 36.8 Å². The van der Waals surface area contributed by atoms with Gasteiger partial charge >= 0.3 is 0 Å². The number of hydrogen-bond acceptors (Lipinski definition) is 4. The summed E-state index contributed by atoms with van der Waals surface area (Å²) in [5.41, 5.74) is 3.13. The second-order valence-electron chi connectivity index (χ2n) is 5.19. The Labute approximate surface area is 137 Å². The number of hydrogen-bond donors (Lipinski definition) is 2. The Morgan fingerprint density at radius 3 is 2.62 bits per heavy atom. The highest BCUT2D eigenvalue weighted by Crippen LogP contribution is 2.17.